The molecule has 1 amide bonds. The molecular weight excluding hydrogens is 356 g/mol. The summed E-state index contributed by atoms with van der Waals surface area (Å²) in [7, 11) is 1.71. The van der Waals surface area contributed by atoms with Gasteiger partial charge < -0.3 is 15.2 Å². The fraction of sp³-hybridized carbons (Fsp3) is 0.636. The lowest BCUT2D eigenvalue weighted by Crippen LogP contribution is -2.35. The number of aliphatic carboxylic acids is 1. The van der Waals surface area contributed by atoms with Crippen LogP contribution in [0.25, 0.3) is 0 Å². The van der Waals surface area contributed by atoms with Crippen molar-refractivity contribution in [2.75, 3.05) is 25.6 Å². The minimum absolute atomic E-state index is 0.0591. The van der Waals surface area contributed by atoms with Gasteiger partial charge in [0.2, 0.25) is 5.91 Å². The van der Waals surface area contributed by atoms with Crippen LogP contribution < -0.4 is 5.32 Å². The van der Waals surface area contributed by atoms with E-state index < -0.39 is 11.4 Å². The van der Waals surface area contributed by atoms with E-state index in [9.17, 15) is 14.7 Å². The van der Waals surface area contributed by atoms with E-state index in [4.69, 9.17) is 4.74 Å². The molecule has 154 valence electrons. The van der Waals surface area contributed by atoms with Gasteiger partial charge in [0, 0.05) is 45.5 Å². The van der Waals surface area contributed by atoms with Crippen LogP contribution in [-0.2, 0) is 27.4 Å². The van der Waals surface area contributed by atoms with Crippen molar-refractivity contribution in [1.82, 2.24) is 4.90 Å². The van der Waals surface area contributed by atoms with Gasteiger partial charge in [-0.25, -0.2) is 0 Å². The monoisotopic (exact) mass is 388 g/mol. The van der Waals surface area contributed by atoms with Crippen LogP contribution in [0.2, 0.25) is 0 Å². The number of carbonyl (C=O) groups is 2. The summed E-state index contributed by atoms with van der Waals surface area (Å²) < 4.78 is 5.13. The molecule has 1 heterocycles. The van der Waals surface area contributed by atoms with Crippen molar-refractivity contribution < 1.29 is 19.4 Å². The number of hydrogen-bond donors (Lipinski definition) is 2. The summed E-state index contributed by atoms with van der Waals surface area (Å²) in [5, 5.41) is 12.8. The molecular formula is C22H32N2O4. The van der Waals surface area contributed by atoms with Crippen molar-refractivity contribution in [3.05, 3.63) is 29.3 Å². The molecule has 6 nitrogen and oxygen atoms in total. The molecule has 1 aromatic rings. The summed E-state index contributed by atoms with van der Waals surface area (Å²) in [6.45, 7) is 3.38. The van der Waals surface area contributed by atoms with Crippen LogP contribution >= 0.6 is 0 Å². The summed E-state index contributed by atoms with van der Waals surface area (Å²) in [5.74, 6) is -1.01. The predicted octanol–water partition coefficient (Wildman–Crippen LogP) is 3.79. The first-order valence-corrected chi connectivity index (χ1v) is 10.4. The Labute approximate surface area is 167 Å². The molecule has 0 saturated heterocycles. The molecule has 28 heavy (non-hydrogen) atoms. The molecule has 6 heteroatoms. The van der Waals surface area contributed by atoms with E-state index >= 15 is 0 Å². The van der Waals surface area contributed by atoms with Crippen LogP contribution in [0.1, 0.15) is 62.5 Å². The van der Waals surface area contributed by atoms with Crippen LogP contribution in [0.3, 0.4) is 0 Å². The van der Waals surface area contributed by atoms with Gasteiger partial charge in [-0.15, -0.1) is 0 Å². The quantitative estimate of drug-likeness (QED) is 0.523. The normalized spacial score (nSPS) is 19.0. The summed E-state index contributed by atoms with van der Waals surface area (Å²) in [4.78, 5) is 27.1. The SMILES string of the molecule is COCCCN1Cc2cccc(NC(=O)CC3(C(=O)O)CCCCCC3)c2C1. The number of methoxy groups -OCH3 is 1. The van der Waals surface area contributed by atoms with E-state index in [2.05, 4.69) is 16.3 Å². The van der Waals surface area contributed by atoms with Gasteiger partial charge in [0.15, 0.2) is 0 Å². The largest absolute Gasteiger partial charge is 0.481 e. The second-order valence-corrected chi connectivity index (χ2v) is 8.22. The van der Waals surface area contributed by atoms with Crippen molar-refractivity contribution in [3.8, 4) is 0 Å². The first-order valence-electron chi connectivity index (χ1n) is 10.4. The lowest BCUT2D eigenvalue weighted by Gasteiger charge is -2.27. The molecule has 2 aliphatic rings. The number of hydrogen-bond acceptors (Lipinski definition) is 4. The zero-order valence-corrected chi connectivity index (χ0v) is 16.8. The highest BCUT2D eigenvalue weighted by Gasteiger charge is 2.40. The Hall–Kier alpha value is -1.92. The molecule has 1 aliphatic carbocycles. The van der Waals surface area contributed by atoms with Crippen LogP contribution in [0.4, 0.5) is 5.69 Å². The number of fused-ring (bicyclic) bond motifs is 1. The molecule has 1 aliphatic heterocycles. The maximum absolute atomic E-state index is 12.8. The van der Waals surface area contributed by atoms with Crippen LogP contribution in [0.15, 0.2) is 18.2 Å². The Morgan fingerprint density at radius 3 is 2.61 bits per heavy atom. The Balaban J connectivity index is 1.65. The number of amides is 1. The third-order valence-electron chi connectivity index (χ3n) is 6.16. The highest BCUT2D eigenvalue weighted by molar-refractivity contribution is 5.95. The first-order chi connectivity index (χ1) is 13.5. The van der Waals surface area contributed by atoms with Gasteiger partial charge in [0.1, 0.15) is 0 Å². The average Bonchev–Trinajstić information content (AvgIpc) is 2.93. The topological polar surface area (TPSA) is 78.9 Å². The maximum Gasteiger partial charge on any atom is 0.310 e. The molecule has 0 aromatic heterocycles. The van der Waals surface area contributed by atoms with Gasteiger partial charge in [-0.05, 0) is 36.5 Å². The van der Waals surface area contributed by atoms with Crippen molar-refractivity contribution in [2.24, 2.45) is 5.41 Å². The average molecular weight is 389 g/mol. The number of rotatable bonds is 8. The fourth-order valence-electron chi connectivity index (χ4n) is 4.57. The summed E-state index contributed by atoms with van der Waals surface area (Å²) in [5.41, 5.74) is 2.30. The van der Waals surface area contributed by atoms with E-state index in [1.807, 2.05) is 12.1 Å². The zero-order valence-electron chi connectivity index (χ0n) is 16.8. The smallest absolute Gasteiger partial charge is 0.310 e. The lowest BCUT2D eigenvalue weighted by molar-refractivity contribution is -0.152. The van der Waals surface area contributed by atoms with Crippen molar-refractivity contribution >= 4 is 17.6 Å². The van der Waals surface area contributed by atoms with Crippen LogP contribution in [0, 0.1) is 5.41 Å². The van der Waals surface area contributed by atoms with E-state index in [0.717, 1.165) is 69.6 Å². The number of nitrogens with zero attached hydrogens (tertiary/aromatic N) is 1. The van der Waals surface area contributed by atoms with Gasteiger partial charge in [-0.2, -0.15) is 0 Å². The number of ether oxygens (including phenoxy) is 1. The van der Waals surface area contributed by atoms with E-state index in [1.54, 1.807) is 7.11 Å². The molecule has 0 unspecified atom stereocenters. The molecule has 1 saturated carbocycles. The molecule has 0 spiro atoms. The molecule has 3 rings (SSSR count). The second-order valence-electron chi connectivity index (χ2n) is 8.22. The van der Waals surface area contributed by atoms with E-state index in [1.165, 1.54) is 5.56 Å². The molecule has 1 aromatic carbocycles. The number of anilines is 1. The van der Waals surface area contributed by atoms with Gasteiger partial charge in [0.05, 0.1) is 5.41 Å². The third kappa shape index (κ3) is 4.92. The van der Waals surface area contributed by atoms with Crippen molar-refractivity contribution in [3.63, 3.8) is 0 Å². The molecule has 0 radical (unpaired) electrons. The first kappa shape index (κ1) is 20.8. The van der Waals surface area contributed by atoms with Crippen molar-refractivity contribution in [2.45, 2.75) is 64.5 Å². The van der Waals surface area contributed by atoms with Gasteiger partial charge in [-0.3, -0.25) is 14.5 Å². The summed E-state index contributed by atoms with van der Waals surface area (Å²) in [6.07, 6.45) is 6.11. The van der Waals surface area contributed by atoms with E-state index in [-0.39, 0.29) is 12.3 Å². The van der Waals surface area contributed by atoms with Gasteiger partial charge in [-0.1, -0.05) is 37.8 Å². The number of carboxylic acids is 1. The third-order valence-corrected chi connectivity index (χ3v) is 6.16. The Morgan fingerprint density at radius 1 is 1.18 bits per heavy atom. The predicted molar refractivity (Wildman–Crippen MR) is 108 cm³/mol. The lowest BCUT2D eigenvalue weighted by atomic mass is 9.77. The summed E-state index contributed by atoms with van der Waals surface area (Å²) in [6, 6.07) is 5.99. The van der Waals surface area contributed by atoms with Crippen LogP contribution in [-0.4, -0.2) is 42.1 Å². The Kier molecular flexibility index (Phi) is 7.08. The number of carbonyl (C=O) groups excluding carboxylic acids is 1. The highest BCUT2D eigenvalue weighted by atomic mass is 16.5. The summed E-state index contributed by atoms with van der Waals surface area (Å²) >= 11 is 0. The zero-order chi connectivity index (χ0) is 20.0. The van der Waals surface area contributed by atoms with Gasteiger partial charge >= 0.3 is 5.97 Å². The maximum atomic E-state index is 12.8. The van der Waals surface area contributed by atoms with E-state index in [0.29, 0.717) is 12.8 Å². The minimum atomic E-state index is -0.912. The number of carboxylic acid groups (broad SMARTS) is 1. The molecule has 1 fully saturated rings. The Bertz CT molecular complexity index is 696. The molecule has 2 N–H and O–H groups in total. The molecule has 0 atom stereocenters. The minimum Gasteiger partial charge on any atom is -0.481 e. The highest BCUT2D eigenvalue weighted by Crippen LogP contribution is 2.39. The number of nitrogens with one attached hydrogen (secondary N) is 1. The standard InChI is InChI=1S/C22H32N2O4/c1-28-13-7-12-24-15-17-8-6-9-19(18(17)16-24)23-20(25)14-22(21(26)27)10-4-2-3-5-11-22/h6,8-9H,2-5,7,10-16H2,1H3,(H,23,25)(H,26,27). The second kappa shape index (κ2) is 9.52. The Morgan fingerprint density at radius 2 is 1.93 bits per heavy atom. The van der Waals surface area contributed by atoms with Gasteiger partial charge in [0.25, 0.3) is 0 Å². The number of benzene rings is 1. The van der Waals surface area contributed by atoms with Crippen molar-refractivity contribution in [1.29, 1.82) is 0 Å². The fourth-order valence-corrected chi connectivity index (χ4v) is 4.57. The molecule has 0 bridgehead atoms. The van der Waals surface area contributed by atoms with Crippen LogP contribution in [0.5, 0.6) is 0 Å².